The Kier molecular flexibility index (Phi) is 4.37. The number of nitrogens with zero attached hydrogens (tertiary/aromatic N) is 4. The van der Waals surface area contributed by atoms with Crippen LogP contribution >= 0.6 is 0 Å². The van der Waals surface area contributed by atoms with E-state index in [0.29, 0.717) is 38.4 Å². The van der Waals surface area contributed by atoms with Gasteiger partial charge in [-0.1, -0.05) is 0 Å². The molecule has 5 heterocycles. The molecule has 8 heteroatoms. The Morgan fingerprint density at radius 2 is 2.00 bits per heavy atom. The van der Waals surface area contributed by atoms with E-state index in [9.17, 15) is 18.4 Å². The molecule has 0 unspecified atom stereocenters. The van der Waals surface area contributed by atoms with Crippen LogP contribution in [0.2, 0.25) is 0 Å². The summed E-state index contributed by atoms with van der Waals surface area (Å²) in [5.74, 6) is -0.143. The van der Waals surface area contributed by atoms with Gasteiger partial charge >= 0.3 is 0 Å². The minimum absolute atomic E-state index is 0.0515. The zero-order chi connectivity index (χ0) is 20.1. The molecule has 3 aliphatic rings. The maximum Gasteiger partial charge on any atom is 0.263 e. The van der Waals surface area contributed by atoms with Crippen LogP contribution in [-0.2, 0) is 6.54 Å². The number of pyridine rings is 2. The number of halogens is 2. The van der Waals surface area contributed by atoms with Gasteiger partial charge < -0.3 is 14.4 Å². The normalized spacial score (nSPS) is 25.8. The predicted octanol–water partition coefficient (Wildman–Crippen LogP) is 2.19. The van der Waals surface area contributed by atoms with Crippen molar-refractivity contribution in [2.24, 2.45) is 5.92 Å². The summed E-state index contributed by atoms with van der Waals surface area (Å²) in [5.41, 5.74) is 0.672. The van der Waals surface area contributed by atoms with Gasteiger partial charge in [0.15, 0.2) is 11.6 Å². The van der Waals surface area contributed by atoms with E-state index in [4.69, 9.17) is 0 Å². The average Bonchev–Trinajstić information content (AvgIpc) is 3.15. The molecule has 2 bridgehead atoms. The second-order valence-electron chi connectivity index (χ2n) is 8.24. The monoisotopic (exact) mass is 400 g/mol. The molecule has 0 radical (unpaired) electrons. The van der Waals surface area contributed by atoms with Crippen molar-refractivity contribution in [3.63, 3.8) is 0 Å². The van der Waals surface area contributed by atoms with Gasteiger partial charge in [-0.15, -0.1) is 0 Å². The highest BCUT2D eigenvalue weighted by Gasteiger charge is 2.37. The zero-order valence-electron chi connectivity index (χ0n) is 15.9. The molecule has 2 saturated heterocycles. The number of likely N-dealkylation sites (tertiary alicyclic amines) is 1. The number of rotatable bonds is 2. The Morgan fingerprint density at radius 3 is 2.76 bits per heavy atom. The van der Waals surface area contributed by atoms with Gasteiger partial charge in [0.25, 0.3) is 11.5 Å². The second-order valence-corrected chi connectivity index (χ2v) is 8.24. The molecule has 3 aliphatic heterocycles. The van der Waals surface area contributed by atoms with Crippen molar-refractivity contribution >= 4 is 11.7 Å². The summed E-state index contributed by atoms with van der Waals surface area (Å²) in [6, 6.07) is 6.38. The van der Waals surface area contributed by atoms with Crippen LogP contribution in [0.4, 0.5) is 14.6 Å². The molecular weight excluding hydrogens is 378 g/mol. The number of hydrogen-bond donors (Lipinski definition) is 0. The number of anilines is 1. The molecule has 2 fully saturated rings. The van der Waals surface area contributed by atoms with Crippen molar-refractivity contribution in [1.29, 1.82) is 0 Å². The summed E-state index contributed by atoms with van der Waals surface area (Å²) >= 11 is 0. The molecule has 1 amide bonds. The molecule has 0 N–H and O–H groups in total. The molecule has 2 aromatic heterocycles. The van der Waals surface area contributed by atoms with Crippen LogP contribution in [0.5, 0.6) is 0 Å². The predicted molar refractivity (Wildman–Crippen MR) is 103 cm³/mol. The van der Waals surface area contributed by atoms with E-state index in [1.807, 2.05) is 11.0 Å². The highest BCUT2D eigenvalue weighted by Crippen LogP contribution is 2.37. The number of piperidine rings is 1. The Labute approximate surface area is 166 Å². The van der Waals surface area contributed by atoms with Crippen molar-refractivity contribution in [3.05, 3.63) is 57.9 Å². The summed E-state index contributed by atoms with van der Waals surface area (Å²) in [4.78, 5) is 33.3. The number of carbonyl (C=O) groups is 1. The third-order valence-electron chi connectivity index (χ3n) is 6.29. The molecule has 5 rings (SSSR count). The Bertz CT molecular complexity index is 1020. The van der Waals surface area contributed by atoms with E-state index in [1.54, 1.807) is 22.9 Å². The fraction of sp³-hybridized carbons (Fsp3) is 0.476. The molecule has 2 aromatic rings. The van der Waals surface area contributed by atoms with Gasteiger partial charge in [-0.3, -0.25) is 9.59 Å². The summed E-state index contributed by atoms with van der Waals surface area (Å²) < 4.78 is 29.4. The lowest BCUT2D eigenvalue weighted by atomic mass is 9.83. The molecule has 6 nitrogen and oxygen atoms in total. The first-order valence-corrected chi connectivity index (χ1v) is 10.0. The van der Waals surface area contributed by atoms with Gasteiger partial charge in [-0.2, -0.15) is 0 Å². The molecule has 0 spiro atoms. The number of aromatic nitrogens is 2. The first kappa shape index (κ1) is 18.3. The van der Waals surface area contributed by atoms with Crippen molar-refractivity contribution in [2.75, 3.05) is 31.1 Å². The van der Waals surface area contributed by atoms with Gasteiger partial charge in [0.2, 0.25) is 0 Å². The number of amides is 1. The van der Waals surface area contributed by atoms with Gasteiger partial charge in [0, 0.05) is 44.0 Å². The Morgan fingerprint density at radius 1 is 1.14 bits per heavy atom. The lowest BCUT2D eigenvalue weighted by molar-refractivity contribution is 0.0779. The highest BCUT2D eigenvalue weighted by molar-refractivity contribution is 5.94. The molecule has 0 aliphatic carbocycles. The van der Waals surface area contributed by atoms with E-state index < -0.39 is 12.1 Å². The van der Waals surface area contributed by atoms with Gasteiger partial charge in [-0.25, -0.2) is 13.8 Å². The van der Waals surface area contributed by atoms with Crippen LogP contribution in [0.3, 0.4) is 0 Å². The summed E-state index contributed by atoms with van der Waals surface area (Å²) in [6.07, 6.45) is 1.81. The van der Waals surface area contributed by atoms with Crippen LogP contribution in [0.15, 0.2) is 35.3 Å². The maximum absolute atomic E-state index is 14.2. The largest absolute Gasteiger partial charge is 0.353 e. The number of hydrogen-bond acceptors (Lipinski definition) is 4. The van der Waals surface area contributed by atoms with Crippen LogP contribution in [-0.4, -0.2) is 52.7 Å². The van der Waals surface area contributed by atoms with Gasteiger partial charge in [0.05, 0.1) is 6.54 Å². The quantitative estimate of drug-likeness (QED) is 0.776. The lowest BCUT2D eigenvalue weighted by Crippen LogP contribution is -2.48. The third kappa shape index (κ3) is 3.10. The number of carbonyl (C=O) groups excluding carboxylic acids is 1. The van der Waals surface area contributed by atoms with E-state index in [2.05, 4.69) is 4.98 Å². The third-order valence-corrected chi connectivity index (χ3v) is 6.29. The van der Waals surface area contributed by atoms with Crippen LogP contribution in [0.25, 0.3) is 0 Å². The SMILES string of the molecule is O=C(c1ccc2n(c1=O)C[C@H]1C[C@@H]2CN(c2ncccc2F)C1)N1CC[C@@H](F)C1. The van der Waals surface area contributed by atoms with Crippen molar-refractivity contribution < 1.29 is 13.6 Å². The molecule has 3 atom stereocenters. The average molecular weight is 400 g/mol. The van der Waals surface area contributed by atoms with Crippen molar-refractivity contribution in [2.45, 2.75) is 31.5 Å². The minimum atomic E-state index is -1.02. The zero-order valence-corrected chi connectivity index (χ0v) is 15.9. The van der Waals surface area contributed by atoms with Crippen molar-refractivity contribution in [3.8, 4) is 0 Å². The van der Waals surface area contributed by atoms with Crippen LogP contribution < -0.4 is 10.5 Å². The summed E-state index contributed by atoms with van der Waals surface area (Å²) in [5, 5.41) is 0. The summed E-state index contributed by atoms with van der Waals surface area (Å²) in [7, 11) is 0. The summed E-state index contributed by atoms with van der Waals surface area (Å²) in [6.45, 7) is 2.08. The van der Waals surface area contributed by atoms with E-state index >= 15 is 0 Å². The molecule has 0 saturated carbocycles. The minimum Gasteiger partial charge on any atom is -0.353 e. The maximum atomic E-state index is 14.2. The molecular formula is C21H22F2N4O2. The van der Waals surface area contributed by atoms with Crippen molar-refractivity contribution in [1.82, 2.24) is 14.5 Å². The molecule has 152 valence electrons. The first-order chi connectivity index (χ1) is 14.0. The number of alkyl halides is 1. The van der Waals surface area contributed by atoms with Crippen LogP contribution in [0.1, 0.15) is 34.8 Å². The van der Waals surface area contributed by atoms with E-state index in [-0.39, 0.29) is 35.3 Å². The second kappa shape index (κ2) is 6.93. The fourth-order valence-corrected chi connectivity index (χ4v) is 4.96. The Balaban J connectivity index is 1.45. The van der Waals surface area contributed by atoms with Crippen LogP contribution in [0, 0.1) is 11.7 Å². The van der Waals surface area contributed by atoms with Gasteiger partial charge in [0.1, 0.15) is 11.7 Å². The number of fused-ring (bicyclic) bond motifs is 4. The lowest BCUT2D eigenvalue weighted by Gasteiger charge is -2.43. The molecule has 29 heavy (non-hydrogen) atoms. The highest BCUT2D eigenvalue weighted by atomic mass is 19.1. The van der Waals surface area contributed by atoms with E-state index in [1.165, 1.54) is 11.0 Å². The molecule has 0 aromatic carbocycles. The fourth-order valence-electron chi connectivity index (χ4n) is 4.96. The van der Waals surface area contributed by atoms with Gasteiger partial charge in [-0.05, 0) is 43.0 Å². The first-order valence-electron chi connectivity index (χ1n) is 10.0. The smallest absolute Gasteiger partial charge is 0.263 e. The standard InChI is InChI=1S/C21H22F2N4O2/c22-15-5-7-25(12-15)20(28)16-3-4-18-14-8-13(10-27(18)21(16)29)9-26(11-14)19-17(23)2-1-6-24-19/h1-4,6,13-15H,5,7-12H2/t13-,14+,15+/m0/s1. The topological polar surface area (TPSA) is 58.4 Å². The van der Waals surface area contributed by atoms with E-state index in [0.717, 1.165) is 12.1 Å². The Hall–Kier alpha value is -2.77.